The number of rotatable bonds is 3. The summed E-state index contributed by atoms with van der Waals surface area (Å²) in [5.74, 6) is -1.12. The molecular formula is C11H11BrFNO2. The van der Waals surface area contributed by atoms with Crippen molar-refractivity contribution in [3.05, 3.63) is 34.1 Å². The first-order valence-corrected chi connectivity index (χ1v) is 5.47. The normalized spacial score (nSPS) is 12.0. The van der Waals surface area contributed by atoms with Gasteiger partial charge in [0.15, 0.2) is 5.78 Å². The van der Waals surface area contributed by atoms with E-state index in [9.17, 15) is 14.0 Å². The molecule has 1 amide bonds. The molecule has 0 saturated heterocycles. The van der Waals surface area contributed by atoms with Crippen LogP contribution in [0.2, 0.25) is 0 Å². The Morgan fingerprint density at radius 3 is 2.50 bits per heavy atom. The van der Waals surface area contributed by atoms with Crippen molar-refractivity contribution < 1.29 is 14.0 Å². The average molecular weight is 288 g/mol. The van der Waals surface area contributed by atoms with E-state index in [-0.39, 0.29) is 11.3 Å². The zero-order valence-corrected chi connectivity index (χ0v) is 10.5. The van der Waals surface area contributed by atoms with Gasteiger partial charge in [-0.3, -0.25) is 9.59 Å². The lowest BCUT2D eigenvalue weighted by Gasteiger charge is -2.10. The second kappa shape index (κ2) is 5.21. The highest BCUT2D eigenvalue weighted by Crippen LogP contribution is 2.14. The van der Waals surface area contributed by atoms with Gasteiger partial charge in [0.1, 0.15) is 5.82 Å². The minimum Gasteiger partial charge on any atom is -0.343 e. The number of halogens is 2. The Kier molecular flexibility index (Phi) is 4.18. The predicted molar refractivity (Wildman–Crippen MR) is 61.7 cm³/mol. The number of amides is 1. The Balaban J connectivity index is 2.84. The number of hydrogen-bond acceptors (Lipinski definition) is 2. The van der Waals surface area contributed by atoms with Crippen LogP contribution in [0.3, 0.4) is 0 Å². The average Bonchev–Trinajstić information content (AvgIpc) is 2.15. The van der Waals surface area contributed by atoms with Gasteiger partial charge in [-0.15, -0.1) is 0 Å². The molecule has 0 fully saturated rings. The molecule has 0 bridgehead atoms. The largest absolute Gasteiger partial charge is 0.343 e. The summed E-state index contributed by atoms with van der Waals surface area (Å²) in [5, 5.41) is 2.47. The first-order chi connectivity index (χ1) is 7.40. The van der Waals surface area contributed by atoms with Crippen LogP contribution in [0.4, 0.5) is 4.39 Å². The first-order valence-electron chi connectivity index (χ1n) is 4.67. The lowest BCUT2D eigenvalue weighted by atomic mass is 10.1. The third kappa shape index (κ3) is 3.41. The van der Waals surface area contributed by atoms with E-state index >= 15 is 0 Å². The molecule has 1 rings (SSSR count). The summed E-state index contributed by atoms with van der Waals surface area (Å²) in [6.07, 6.45) is 0. The molecule has 0 aliphatic carbocycles. The highest BCUT2D eigenvalue weighted by Gasteiger charge is 2.13. The second-order valence-electron chi connectivity index (χ2n) is 3.46. The van der Waals surface area contributed by atoms with Crippen LogP contribution in [0.1, 0.15) is 24.2 Å². The van der Waals surface area contributed by atoms with Crippen LogP contribution in [-0.4, -0.2) is 17.7 Å². The lowest BCUT2D eigenvalue weighted by molar-refractivity contribution is -0.118. The van der Waals surface area contributed by atoms with Crippen molar-refractivity contribution in [2.75, 3.05) is 0 Å². The molecule has 0 heterocycles. The van der Waals surface area contributed by atoms with Gasteiger partial charge in [-0.2, -0.15) is 0 Å². The van der Waals surface area contributed by atoms with Crippen molar-refractivity contribution in [2.24, 2.45) is 0 Å². The highest BCUT2D eigenvalue weighted by atomic mass is 79.9. The molecule has 0 aromatic heterocycles. The van der Waals surface area contributed by atoms with Crippen LogP contribution in [0.5, 0.6) is 0 Å². The summed E-state index contributed by atoms with van der Waals surface area (Å²) in [6, 6.07) is 3.29. The third-order valence-corrected chi connectivity index (χ3v) is 2.54. The Labute approximate surface area is 101 Å². The van der Waals surface area contributed by atoms with E-state index in [2.05, 4.69) is 21.2 Å². The molecule has 16 heavy (non-hydrogen) atoms. The van der Waals surface area contributed by atoms with Crippen LogP contribution in [0, 0.1) is 5.82 Å². The molecule has 1 aromatic rings. The van der Waals surface area contributed by atoms with Crippen LogP contribution < -0.4 is 5.32 Å². The molecule has 1 N–H and O–H groups in total. The topological polar surface area (TPSA) is 46.2 Å². The predicted octanol–water partition coefficient (Wildman–Crippen LogP) is 2.30. The van der Waals surface area contributed by atoms with Gasteiger partial charge in [-0.1, -0.05) is 15.9 Å². The quantitative estimate of drug-likeness (QED) is 0.927. The highest BCUT2D eigenvalue weighted by molar-refractivity contribution is 9.10. The lowest BCUT2D eigenvalue weighted by Crippen LogP contribution is -2.37. The molecule has 1 atom stereocenters. The standard InChI is InChI=1S/C11H11BrFNO2/c1-6(7(2)15)14-11(16)8-3-9(12)5-10(13)4-8/h3-6H,1-2H3,(H,14,16). The van der Waals surface area contributed by atoms with Crippen molar-refractivity contribution in [1.29, 1.82) is 0 Å². The molecule has 1 aromatic carbocycles. The van der Waals surface area contributed by atoms with Crippen molar-refractivity contribution in [1.82, 2.24) is 5.32 Å². The minimum atomic E-state index is -0.574. The first kappa shape index (κ1) is 12.8. The number of carbonyl (C=O) groups is 2. The number of carbonyl (C=O) groups excluding carboxylic acids is 2. The molecule has 0 aliphatic rings. The Bertz CT molecular complexity index is 414. The fourth-order valence-corrected chi connectivity index (χ4v) is 1.53. The molecule has 5 heteroatoms. The van der Waals surface area contributed by atoms with E-state index in [0.717, 1.165) is 6.07 Å². The number of hydrogen-bond donors (Lipinski definition) is 1. The summed E-state index contributed by atoms with van der Waals surface area (Å²) < 4.78 is 13.5. The molecule has 3 nitrogen and oxygen atoms in total. The van der Waals surface area contributed by atoms with Gasteiger partial charge in [0.05, 0.1) is 6.04 Å². The van der Waals surface area contributed by atoms with E-state index in [0.29, 0.717) is 4.47 Å². The zero-order chi connectivity index (χ0) is 12.3. The Morgan fingerprint density at radius 1 is 1.38 bits per heavy atom. The summed E-state index contributed by atoms with van der Waals surface area (Å²) in [6.45, 7) is 2.96. The van der Waals surface area contributed by atoms with Crippen LogP contribution in [0.25, 0.3) is 0 Å². The van der Waals surface area contributed by atoms with Gasteiger partial charge < -0.3 is 5.32 Å². The van der Waals surface area contributed by atoms with Gasteiger partial charge in [0.2, 0.25) is 0 Å². The molecule has 86 valence electrons. The second-order valence-corrected chi connectivity index (χ2v) is 4.38. The Morgan fingerprint density at radius 2 is 2.00 bits per heavy atom. The van der Waals surface area contributed by atoms with E-state index in [1.54, 1.807) is 6.92 Å². The summed E-state index contributed by atoms with van der Waals surface area (Å²) >= 11 is 3.09. The molecule has 0 radical (unpaired) electrons. The summed E-state index contributed by atoms with van der Waals surface area (Å²) in [5.41, 5.74) is 0.181. The summed E-state index contributed by atoms with van der Waals surface area (Å²) in [7, 11) is 0. The van der Waals surface area contributed by atoms with E-state index in [1.165, 1.54) is 19.1 Å². The van der Waals surface area contributed by atoms with E-state index in [4.69, 9.17) is 0 Å². The molecule has 1 unspecified atom stereocenters. The van der Waals surface area contributed by atoms with Crippen molar-refractivity contribution >= 4 is 27.6 Å². The maximum atomic E-state index is 13.0. The van der Waals surface area contributed by atoms with Crippen LogP contribution in [-0.2, 0) is 4.79 Å². The zero-order valence-electron chi connectivity index (χ0n) is 8.88. The number of benzene rings is 1. The minimum absolute atomic E-state index is 0.149. The number of ketones is 1. The van der Waals surface area contributed by atoms with Crippen LogP contribution >= 0.6 is 15.9 Å². The molecular weight excluding hydrogens is 277 g/mol. The van der Waals surface area contributed by atoms with E-state index < -0.39 is 17.8 Å². The molecule has 0 saturated carbocycles. The van der Waals surface area contributed by atoms with E-state index in [1.807, 2.05) is 0 Å². The van der Waals surface area contributed by atoms with Gasteiger partial charge in [0.25, 0.3) is 5.91 Å². The SMILES string of the molecule is CC(=O)C(C)NC(=O)c1cc(F)cc(Br)c1. The van der Waals surface area contributed by atoms with Crippen LogP contribution in [0.15, 0.2) is 22.7 Å². The number of Topliss-reactive ketones (excluding diaryl/α,β-unsaturated/α-hetero) is 1. The monoisotopic (exact) mass is 287 g/mol. The van der Waals surface area contributed by atoms with Gasteiger partial charge in [-0.05, 0) is 32.0 Å². The fourth-order valence-electron chi connectivity index (χ4n) is 1.07. The smallest absolute Gasteiger partial charge is 0.251 e. The Hall–Kier alpha value is -1.23. The summed E-state index contributed by atoms with van der Waals surface area (Å²) in [4.78, 5) is 22.6. The van der Waals surface area contributed by atoms with Gasteiger partial charge >= 0.3 is 0 Å². The van der Waals surface area contributed by atoms with Crippen molar-refractivity contribution in [3.63, 3.8) is 0 Å². The molecule has 0 aliphatic heterocycles. The van der Waals surface area contributed by atoms with Gasteiger partial charge in [-0.25, -0.2) is 4.39 Å². The third-order valence-electron chi connectivity index (χ3n) is 2.08. The fraction of sp³-hybridized carbons (Fsp3) is 0.273. The maximum absolute atomic E-state index is 13.0. The van der Waals surface area contributed by atoms with Crippen molar-refractivity contribution in [3.8, 4) is 0 Å². The molecule has 0 spiro atoms. The van der Waals surface area contributed by atoms with Crippen molar-refractivity contribution in [2.45, 2.75) is 19.9 Å². The maximum Gasteiger partial charge on any atom is 0.251 e. The number of nitrogens with one attached hydrogen (secondary N) is 1. The van der Waals surface area contributed by atoms with Gasteiger partial charge in [0, 0.05) is 10.0 Å².